The third-order valence-electron chi connectivity index (χ3n) is 11.0. The summed E-state index contributed by atoms with van der Waals surface area (Å²) in [4.78, 5) is 30.4. The van der Waals surface area contributed by atoms with E-state index in [-0.39, 0.29) is 15.6 Å². The van der Waals surface area contributed by atoms with E-state index >= 15 is 4.79 Å². The number of sulfone groups is 2. The van der Waals surface area contributed by atoms with Gasteiger partial charge in [-0.25, -0.2) is 26.8 Å². The van der Waals surface area contributed by atoms with Gasteiger partial charge in [0.2, 0.25) is 0 Å². The summed E-state index contributed by atoms with van der Waals surface area (Å²) < 4.78 is 49.6. The number of fused-ring (bicyclic) bond motifs is 6. The smallest absolute Gasteiger partial charge is 0.175 e. The molecule has 0 bridgehead atoms. The van der Waals surface area contributed by atoms with Crippen molar-refractivity contribution < 1.29 is 21.6 Å². The third kappa shape index (κ3) is 5.75. The Labute approximate surface area is 313 Å². The Morgan fingerprint density at radius 3 is 1.33 bits per heavy atom. The van der Waals surface area contributed by atoms with E-state index in [9.17, 15) is 16.8 Å². The highest BCUT2D eigenvalue weighted by atomic mass is 32.2. The molecule has 0 saturated carbocycles. The first-order valence-corrected chi connectivity index (χ1v) is 23.1. The summed E-state index contributed by atoms with van der Waals surface area (Å²) in [5.41, 5.74) is 9.58. The SMILES string of the molecule is Cc1nc2sc3c(c2c(-c2ccc(S(C)(=O)=O)cc2)c1C(C)C(=O)C(C)c1c(C)nc2sc4c(c2c1-c1ccc(S(C)(=O)=O)cc1)CCC4)CCC3. The molecule has 0 saturated heterocycles. The number of rotatable bonds is 8. The van der Waals surface area contributed by atoms with Crippen LogP contribution in [0.3, 0.4) is 0 Å². The molecule has 2 aromatic carbocycles. The summed E-state index contributed by atoms with van der Waals surface area (Å²) in [6.45, 7) is 7.90. The van der Waals surface area contributed by atoms with E-state index in [1.807, 2.05) is 52.0 Å². The van der Waals surface area contributed by atoms with Crippen LogP contribution in [0.25, 0.3) is 42.7 Å². The zero-order chi connectivity index (χ0) is 36.9. The van der Waals surface area contributed by atoms with Crippen molar-refractivity contribution in [2.75, 3.05) is 12.5 Å². The Balaban J connectivity index is 1.31. The Hall–Kier alpha value is -3.77. The van der Waals surface area contributed by atoms with Crippen molar-refractivity contribution in [3.63, 3.8) is 0 Å². The maximum absolute atomic E-state index is 15.1. The summed E-state index contributed by atoms with van der Waals surface area (Å²) in [6.07, 6.45) is 8.50. The quantitative estimate of drug-likeness (QED) is 0.152. The van der Waals surface area contributed by atoms with E-state index in [0.717, 1.165) is 104 Å². The molecule has 2 unspecified atom stereocenters. The number of thiophene rings is 2. The first-order valence-electron chi connectivity index (χ1n) is 17.7. The van der Waals surface area contributed by atoms with Gasteiger partial charge in [0.05, 0.1) is 9.79 Å². The highest BCUT2D eigenvalue weighted by Crippen LogP contribution is 2.49. The highest BCUT2D eigenvalue weighted by Gasteiger charge is 2.34. The largest absolute Gasteiger partial charge is 0.298 e. The fourth-order valence-electron chi connectivity index (χ4n) is 8.57. The number of carbonyl (C=O) groups is 1. The zero-order valence-electron chi connectivity index (χ0n) is 30.1. The maximum Gasteiger partial charge on any atom is 0.175 e. The molecule has 2 aliphatic rings. The number of hydrogen-bond acceptors (Lipinski definition) is 9. The van der Waals surface area contributed by atoms with Crippen molar-refractivity contribution in [1.29, 1.82) is 0 Å². The fraction of sp³-hybridized carbons (Fsp3) is 0.341. The van der Waals surface area contributed by atoms with Gasteiger partial charge in [0.15, 0.2) is 19.7 Å². The van der Waals surface area contributed by atoms with Crippen molar-refractivity contribution in [2.24, 2.45) is 0 Å². The third-order valence-corrected chi connectivity index (χ3v) is 15.7. The van der Waals surface area contributed by atoms with Crippen LogP contribution in [0.4, 0.5) is 0 Å². The average Bonchev–Trinajstić information content (AvgIpc) is 3.88. The summed E-state index contributed by atoms with van der Waals surface area (Å²) in [7, 11) is -6.78. The van der Waals surface area contributed by atoms with Gasteiger partial charge in [0.1, 0.15) is 15.4 Å². The number of carbonyl (C=O) groups excluding carboxylic acids is 1. The van der Waals surface area contributed by atoms with E-state index in [1.54, 1.807) is 46.9 Å². The van der Waals surface area contributed by atoms with Gasteiger partial charge in [-0.05, 0) is 121 Å². The summed E-state index contributed by atoms with van der Waals surface area (Å²) >= 11 is 3.45. The van der Waals surface area contributed by atoms with Crippen molar-refractivity contribution >= 4 is 68.6 Å². The van der Waals surface area contributed by atoms with E-state index < -0.39 is 31.5 Å². The lowest BCUT2D eigenvalue weighted by Crippen LogP contribution is -2.20. The van der Waals surface area contributed by atoms with Crippen LogP contribution in [0.1, 0.15) is 81.9 Å². The lowest BCUT2D eigenvalue weighted by Gasteiger charge is -2.25. The van der Waals surface area contributed by atoms with Crippen LogP contribution in [-0.2, 0) is 50.2 Å². The molecule has 11 heteroatoms. The van der Waals surface area contributed by atoms with E-state index in [2.05, 4.69) is 0 Å². The molecule has 0 amide bonds. The lowest BCUT2D eigenvalue weighted by molar-refractivity contribution is -0.121. The minimum Gasteiger partial charge on any atom is -0.298 e. The van der Waals surface area contributed by atoms with Crippen molar-refractivity contribution in [1.82, 2.24) is 9.97 Å². The number of aromatic nitrogens is 2. The summed E-state index contributed by atoms with van der Waals surface area (Å²) in [6, 6.07) is 14.1. The molecule has 6 aromatic rings. The molecule has 0 aliphatic heterocycles. The minimum atomic E-state index is -3.39. The molecular weight excluding hydrogens is 729 g/mol. The Kier molecular flexibility index (Phi) is 8.60. The van der Waals surface area contributed by atoms with Gasteiger partial charge in [-0.1, -0.05) is 38.1 Å². The van der Waals surface area contributed by atoms with Gasteiger partial charge in [-0.2, -0.15) is 0 Å². The van der Waals surface area contributed by atoms with Crippen LogP contribution >= 0.6 is 22.7 Å². The van der Waals surface area contributed by atoms with Crippen molar-refractivity contribution in [3.05, 3.63) is 91.9 Å². The van der Waals surface area contributed by atoms with E-state index in [0.29, 0.717) is 0 Å². The lowest BCUT2D eigenvalue weighted by atomic mass is 9.78. The molecular formula is C41H40N2O5S4. The molecule has 52 heavy (non-hydrogen) atoms. The Morgan fingerprint density at radius 1 is 0.615 bits per heavy atom. The Bertz CT molecular complexity index is 2500. The predicted molar refractivity (Wildman–Crippen MR) is 212 cm³/mol. The van der Waals surface area contributed by atoms with Crippen LogP contribution in [0, 0.1) is 13.8 Å². The second-order valence-corrected chi connectivity index (χ2v) is 20.7. The number of aryl methyl sites for hydroxylation is 6. The van der Waals surface area contributed by atoms with E-state index in [4.69, 9.17) is 9.97 Å². The molecule has 0 radical (unpaired) electrons. The first kappa shape index (κ1) is 35.3. The topological polar surface area (TPSA) is 111 Å². The molecule has 0 spiro atoms. The summed E-state index contributed by atoms with van der Waals surface area (Å²) in [5, 5.41) is 2.16. The monoisotopic (exact) mass is 768 g/mol. The van der Waals surface area contributed by atoms with Crippen LogP contribution in [0.15, 0.2) is 58.3 Å². The van der Waals surface area contributed by atoms with Crippen molar-refractivity contribution in [3.8, 4) is 22.3 Å². The number of ketones is 1. The van der Waals surface area contributed by atoms with Gasteiger partial charge in [0.25, 0.3) is 0 Å². The maximum atomic E-state index is 15.1. The van der Waals surface area contributed by atoms with Crippen LogP contribution in [-0.4, -0.2) is 45.1 Å². The molecule has 7 nitrogen and oxygen atoms in total. The van der Waals surface area contributed by atoms with Gasteiger partial charge in [0, 0.05) is 56.3 Å². The van der Waals surface area contributed by atoms with Gasteiger partial charge in [-0.3, -0.25) is 4.79 Å². The van der Waals surface area contributed by atoms with Gasteiger partial charge in [-0.15, -0.1) is 22.7 Å². The van der Waals surface area contributed by atoms with E-state index in [1.165, 1.54) is 33.4 Å². The highest BCUT2D eigenvalue weighted by molar-refractivity contribution is 7.91. The van der Waals surface area contributed by atoms with Gasteiger partial charge < -0.3 is 0 Å². The van der Waals surface area contributed by atoms with Crippen LogP contribution < -0.4 is 0 Å². The second-order valence-electron chi connectivity index (χ2n) is 14.5. The Morgan fingerprint density at radius 2 is 0.981 bits per heavy atom. The molecule has 4 aromatic heterocycles. The number of benzene rings is 2. The molecule has 8 rings (SSSR count). The van der Waals surface area contributed by atoms with Crippen LogP contribution in [0.2, 0.25) is 0 Å². The molecule has 2 atom stereocenters. The first-order chi connectivity index (χ1) is 24.6. The van der Waals surface area contributed by atoms with Crippen LogP contribution in [0.5, 0.6) is 0 Å². The molecule has 268 valence electrons. The predicted octanol–water partition coefficient (Wildman–Crippen LogP) is 9.12. The average molecular weight is 769 g/mol. The molecule has 4 heterocycles. The van der Waals surface area contributed by atoms with Gasteiger partial charge >= 0.3 is 0 Å². The zero-order valence-corrected chi connectivity index (χ0v) is 33.4. The number of pyridine rings is 2. The normalized spacial score (nSPS) is 15.7. The fourth-order valence-corrected chi connectivity index (χ4v) is 12.5. The molecule has 2 aliphatic carbocycles. The molecule has 0 N–H and O–H groups in total. The summed E-state index contributed by atoms with van der Waals surface area (Å²) in [5.74, 6) is -1.05. The number of nitrogens with zero attached hydrogens (tertiary/aromatic N) is 2. The van der Waals surface area contributed by atoms with Crippen molar-refractivity contribution in [2.45, 2.75) is 87.8 Å². The molecule has 0 fully saturated rings. The number of Topliss-reactive ketones (excluding diaryl/α,β-unsaturated/α-hetero) is 1. The minimum absolute atomic E-state index is 0.0373. The number of hydrogen-bond donors (Lipinski definition) is 0. The standard InChI is InChI=1S/C41H40N2O5S4/c1-21(33-23(3)42-40-37(29-9-7-11-31(29)49-40)35(33)25-13-17-27(18-14-25)51(5,45)46)39(44)22(2)34-24(4)43-41-38(30-10-8-12-32(30)50-41)36(34)26-15-19-28(20-16-26)52(6,47)48/h13-22H,7-12H2,1-6H3. The second kappa shape index (κ2) is 12.7.